The third kappa shape index (κ3) is 4.92. The van der Waals surface area contributed by atoms with Gasteiger partial charge < -0.3 is 4.74 Å². The van der Waals surface area contributed by atoms with Crippen LogP contribution in [0.4, 0.5) is 17.6 Å². The molecule has 3 aromatic carbocycles. The van der Waals surface area contributed by atoms with Gasteiger partial charge in [-0.25, -0.2) is 17.6 Å². The molecule has 1 aliphatic heterocycles. The van der Waals surface area contributed by atoms with E-state index in [0.717, 1.165) is 37.7 Å². The van der Waals surface area contributed by atoms with E-state index in [9.17, 15) is 13.2 Å². The van der Waals surface area contributed by atoms with Crippen molar-refractivity contribution in [2.24, 2.45) is 5.92 Å². The van der Waals surface area contributed by atoms with Crippen molar-refractivity contribution >= 4 is 6.08 Å². The van der Waals surface area contributed by atoms with E-state index in [1.54, 1.807) is 42.5 Å². The average Bonchev–Trinajstić information content (AvgIpc) is 3.72. The zero-order chi connectivity index (χ0) is 24.5. The molecule has 1 saturated heterocycles. The Morgan fingerprint density at radius 1 is 0.771 bits per heavy atom. The van der Waals surface area contributed by atoms with Gasteiger partial charge in [0, 0.05) is 11.1 Å². The highest BCUT2D eigenvalue weighted by atomic mass is 19.2. The van der Waals surface area contributed by atoms with Gasteiger partial charge in [0.2, 0.25) is 0 Å². The summed E-state index contributed by atoms with van der Waals surface area (Å²) in [5.74, 6) is -2.83. The quantitative estimate of drug-likeness (QED) is 0.244. The minimum Gasteiger partial charge on any atom is -0.368 e. The summed E-state index contributed by atoms with van der Waals surface area (Å²) in [5.41, 5.74) is 2.91. The van der Waals surface area contributed by atoms with Crippen molar-refractivity contribution in [3.63, 3.8) is 0 Å². The molecule has 0 radical (unpaired) electrons. The molecule has 1 unspecified atom stereocenters. The smallest absolute Gasteiger partial charge is 0.166 e. The first-order chi connectivity index (χ1) is 17.0. The first-order valence-corrected chi connectivity index (χ1v) is 12.3. The molecule has 1 nitrogen and oxygen atoms in total. The molecule has 2 aliphatic rings. The topological polar surface area (TPSA) is 12.5 Å². The molecule has 5 rings (SSSR count). The molecule has 3 aromatic rings. The summed E-state index contributed by atoms with van der Waals surface area (Å²) in [5, 5.41) is 0. The second kappa shape index (κ2) is 9.98. The Morgan fingerprint density at radius 2 is 1.43 bits per heavy atom. The van der Waals surface area contributed by atoms with Crippen LogP contribution < -0.4 is 0 Å². The number of aryl methyl sites for hydroxylation is 1. The molecular weight excluding hydrogens is 452 g/mol. The van der Waals surface area contributed by atoms with Gasteiger partial charge in [-0.3, -0.25) is 0 Å². The van der Waals surface area contributed by atoms with E-state index < -0.39 is 23.3 Å². The fourth-order valence-corrected chi connectivity index (χ4v) is 5.30. The molecule has 35 heavy (non-hydrogen) atoms. The number of hydrogen-bond acceptors (Lipinski definition) is 1. The predicted molar refractivity (Wildman–Crippen MR) is 130 cm³/mol. The SMILES string of the molecule is C=Cc1ccc(-c2ccc(C3CCC(CCc4ccc(C5CO5)c(F)c4F)CC3)c(F)c2F)cc1. The zero-order valence-electron chi connectivity index (χ0n) is 19.5. The molecular formula is C30H28F4O. The van der Waals surface area contributed by atoms with Crippen molar-refractivity contribution in [2.75, 3.05) is 6.61 Å². The molecule has 0 bridgehead atoms. The fourth-order valence-electron chi connectivity index (χ4n) is 5.30. The maximum atomic E-state index is 15.0. The second-order valence-electron chi connectivity index (χ2n) is 9.68. The fraction of sp³-hybridized carbons (Fsp3) is 0.333. The second-order valence-corrected chi connectivity index (χ2v) is 9.68. The number of epoxide rings is 1. The Morgan fingerprint density at radius 3 is 2.09 bits per heavy atom. The Bertz CT molecular complexity index is 1220. The van der Waals surface area contributed by atoms with E-state index in [2.05, 4.69) is 6.58 Å². The summed E-state index contributed by atoms with van der Waals surface area (Å²) in [6.07, 6.45) is 5.82. The van der Waals surface area contributed by atoms with Crippen LogP contribution >= 0.6 is 0 Å². The van der Waals surface area contributed by atoms with Gasteiger partial charge in [-0.15, -0.1) is 0 Å². The molecule has 182 valence electrons. The third-order valence-electron chi connectivity index (χ3n) is 7.55. The first-order valence-electron chi connectivity index (χ1n) is 12.3. The van der Waals surface area contributed by atoms with E-state index in [0.29, 0.717) is 41.2 Å². The summed E-state index contributed by atoms with van der Waals surface area (Å²) in [4.78, 5) is 0. The Labute approximate surface area is 203 Å². The van der Waals surface area contributed by atoms with Gasteiger partial charge in [-0.05, 0) is 72.6 Å². The maximum absolute atomic E-state index is 15.0. The van der Waals surface area contributed by atoms with Gasteiger partial charge in [-0.2, -0.15) is 0 Å². The summed E-state index contributed by atoms with van der Waals surface area (Å²) in [6.45, 7) is 4.15. The lowest BCUT2D eigenvalue weighted by atomic mass is 9.76. The van der Waals surface area contributed by atoms with Crippen LogP contribution in [0, 0.1) is 29.2 Å². The number of benzene rings is 3. The lowest BCUT2D eigenvalue weighted by molar-refractivity contribution is 0.303. The van der Waals surface area contributed by atoms with Crippen LogP contribution in [0.25, 0.3) is 17.2 Å². The van der Waals surface area contributed by atoms with E-state index in [-0.39, 0.29) is 17.6 Å². The number of ether oxygens (including phenoxy) is 1. The van der Waals surface area contributed by atoms with Gasteiger partial charge >= 0.3 is 0 Å². The lowest BCUT2D eigenvalue weighted by Crippen LogP contribution is -2.16. The molecule has 1 atom stereocenters. The van der Waals surface area contributed by atoms with E-state index in [1.165, 1.54) is 0 Å². The van der Waals surface area contributed by atoms with Crippen LogP contribution in [-0.4, -0.2) is 6.61 Å². The van der Waals surface area contributed by atoms with E-state index in [4.69, 9.17) is 4.74 Å². The van der Waals surface area contributed by atoms with Crippen LogP contribution in [0.2, 0.25) is 0 Å². The third-order valence-corrected chi connectivity index (χ3v) is 7.55. The van der Waals surface area contributed by atoms with Crippen molar-refractivity contribution < 1.29 is 22.3 Å². The average molecular weight is 481 g/mol. The molecule has 0 amide bonds. The molecule has 2 fully saturated rings. The minimum absolute atomic E-state index is 0.0371. The number of hydrogen-bond donors (Lipinski definition) is 0. The van der Waals surface area contributed by atoms with Gasteiger partial charge in [0.05, 0.1) is 6.61 Å². The largest absolute Gasteiger partial charge is 0.368 e. The Hall–Kier alpha value is -2.92. The van der Waals surface area contributed by atoms with Gasteiger partial charge in [-0.1, -0.05) is 61.2 Å². The molecule has 0 spiro atoms. The van der Waals surface area contributed by atoms with Crippen molar-refractivity contribution in [3.8, 4) is 11.1 Å². The summed E-state index contributed by atoms with van der Waals surface area (Å²) >= 11 is 0. The molecule has 1 heterocycles. The molecule has 5 heteroatoms. The number of halogens is 4. The van der Waals surface area contributed by atoms with Crippen molar-refractivity contribution in [1.82, 2.24) is 0 Å². The van der Waals surface area contributed by atoms with Gasteiger partial charge in [0.1, 0.15) is 6.10 Å². The molecule has 1 aliphatic carbocycles. The van der Waals surface area contributed by atoms with Crippen LogP contribution in [0.5, 0.6) is 0 Å². The van der Waals surface area contributed by atoms with Gasteiger partial charge in [0.15, 0.2) is 23.3 Å². The van der Waals surface area contributed by atoms with Crippen molar-refractivity contribution in [1.29, 1.82) is 0 Å². The first kappa shape index (κ1) is 23.8. The molecule has 1 saturated carbocycles. The molecule has 0 aromatic heterocycles. The van der Waals surface area contributed by atoms with Crippen LogP contribution in [-0.2, 0) is 11.2 Å². The van der Waals surface area contributed by atoms with Crippen molar-refractivity contribution in [2.45, 2.75) is 50.5 Å². The summed E-state index contributed by atoms with van der Waals surface area (Å²) in [6, 6.07) is 13.8. The lowest BCUT2D eigenvalue weighted by Gasteiger charge is -2.29. The van der Waals surface area contributed by atoms with Crippen LogP contribution in [0.3, 0.4) is 0 Å². The minimum atomic E-state index is -0.812. The number of rotatable bonds is 7. The molecule has 0 N–H and O–H groups in total. The maximum Gasteiger partial charge on any atom is 0.166 e. The van der Waals surface area contributed by atoms with Gasteiger partial charge in [0.25, 0.3) is 0 Å². The predicted octanol–water partition coefficient (Wildman–Crippen LogP) is 8.53. The highest BCUT2D eigenvalue weighted by Crippen LogP contribution is 2.40. The van der Waals surface area contributed by atoms with E-state index >= 15 is 4.39 Å². The highest BCUT2D eigenvalue weighted by molar-refractivity contribution is 5.66. The van der Waals surface area contributed by atoms with Crippen molar-refractivity contribution in [3.05, 3.63) is 101 Å². The van der Waals surface area contributed by atoms with Crippen LogP contribution in [0.1, 0.15) is 66.4 Å². The van der Waals surface area contributed by atoms with E-state index in [1.807, 2.05) is 12.1 Å². The Balaban J connectivity index is 1.20. The zero-order valence-corrected chi connectivity index (χ0v) is 19.5. The monoisotopic (exact) mass is 480 g/mol. The summed E-state index contributed by atoms with van der Waals surface area (Å²) in [7, 11) is 0. The van der Waals surface area contributed by atoms with Crippen LogP contribution in [0.15, 0.2) is 55.1 Å². The standard InChI is InChI=1S/C30H28F4O/c1-2-18-3-8-20(9-4-18)23-15-16-24(29(33)28(23)32)21-10-5-19(6-11-21)7-12-22-13-14-25(26-17-35-26)30(34)27(22)31/h2-4,8-9,13-16,19,21,26H,1,5-7,10-12,17H2. The normalized spacial score (nSPS) is 21.7. The summed E-state index contributed by atoms with van der Waals surface area (Å²) < 4.78 is 63.8. The Kier molecular flexibility index (Phi) is 6.79. The highest BCUT2D eigenvalue weighted by Gasteiger charge is 2.30.